The smallest absolute Gasteiger partial charge is 0.160 e. The number of aromatic nitrogens is 5. The highest BCUT2D eigenvalue weighted by molar-refractivity contribution is 6.11. The molecule has 4 heterocycles. The van der Waals surface area contributed by atoms with Gasteiger partial charge in [-0.1, -0.05) is 170 Å². The molecule has 322 valence electrons. The molecule has 0 aliphatic rings. The van der Waals surface area contributed by atoms with Gasteiger partial charge in [-0.3, -0.25) is 0 Å². The van der Waals surface area contributed by atoms with E-state index in [0.29, 0.717) is 5.82 Å². The Labute approximate surface area is 398 Å². The van der Waals surface area contributed by atoms with E-state index in [9.17, 15) is 0 Å². The molecular formula is C64H41N5. The van der Waals surface area contributed by atoms with Crippen molar-refractivity contribution in [1.29, 1.82) is 0 Å². The molecule has 0 fully saturated rings. The zero-order valence-electron chi connectivity index (χ0n) is 37.4. The predicted octanol–water partition coefficient (Wildman–Crippen LogP) is 16.4. The Kier molecular flexibility index (Phi) is 8.83. The molecule has 69 heavy (non-hydrogen) atoms. The van der Waals surface area contributed by atoms with E-state index < -0.39 is 0 Å². The Balaban J connectivity index is 0.940. The normalized spacial score (nSPS) is 11.8. The second-order valence-electron chi connectivity index (χ2n) is 17.8. The second kappa shape index (κ2) is 15.7. The van der Waals surface area contributed by atoms with Crippen molar-refractivity contribution in [2.45, 2.75) is 0 Å². The van der Waals surface area contributed by atoms with Gasteiger partial charge in [0.05, 0.1) is 44.5 Å². The van der Waals surface area contributed by atoms with E-state index in [1.807, 2.05) is 18.2 Å². The quantitative estimate of drug-likeness (QED) is 0.160. The lowest BCUT2D eigenvalue weighted by atomic mass is 9.99. The summed E-state index contributed by atoms with van der Waals surface area (Å²) in [5.41, 5.74) is 17.2. The van der Waals surface area contributed by atoms with Gasteiger partial charge in [0.1, 0.15) is 0 Å². The largest absolute Gasteiger partial charge is 0.309 e. The summed E-state index contributed by atoms with van der Waals surface area (Å²) in [5, 5.41) is 7.41. The van der Waals surface area contributed by atoms with E-state index in [0.717, 1.165) is 56.3 Å². The van der Waals surface area contributed by atoms with Crippen molar-refractivity contribution in [1.82, 2.24) is 23.7 Å². The Hall–Kier alpha value is -9.32. The van der Waals surface area contributed by atoms with Crippen LogP contribution in [0, 0.1) is 0 Å². The number of para-hydroxylation sites is 6. The third-order valence-corrected chi connectivity index (χ3v) is 13.8. The molecule has 5 nitrogen and oxygen atoms in total. The second-order valence-corrected chi connectivity index (χ2v) is 17.8. The van der Waals surface area contributed by atoms with Gasteiger partial charge in [-0.25, -0.2) is 9.97 Å². The number of nitrogens with zero attached hydrogens (tertiary/aromatic N) is 5. The van der Waals surface area contributed by atoms with Crippen LogP contribution in [0.2, 0.25) is 0 Å². The molecule has 0 atom stereocenters. The minimum atomic E-state index is 0.682. The highest BCUT2D eigenvalue weighted by Gasteiger charge is 2.19. The minimum Gasteiger partial charge on any atom is -0.309 e. The standard InChI is InChI=1S/C64H41N5/c1-2-17-43(18-3-1)64-65-56(42-33-35-47(36-34-42)67-58-27-10-4-21-50(58)51-22-5-11-28-59(51)67)41-57(66-64)45-20-16-19-44(37-45)46-38-48(68-60-29-12-6-23-52(60)53-24-7-13-30-61(53)68)40-49(39-46)69-62-31-14-8-25-54(62)55-26-9-15-32-63(55)69/h1-41H. The van der Waals surface area contributed by atoms with Crippen LogP contribution in [-0.4, -0.2) is 23.7 Å². The van der Waals surface area contributed by atoms with Crippen LogP contribution < -0.4 is 0 Å². The van der Waals surface area contributed by atoms with Crippen LogP contribution >= 0.6 is 0 Å². The molecule has 0 unspecified atom stereocenters. The fourth-order valence-corrected chi connectivity index (χ4v) is 10.7. The van der Waals surface area contributed by atoms with Crippen LogP contribution in [0.25, 0.3) is 128 Å². The first kappa shape index (κ1) is 38.9. The fraction of sp³-hybridized carbons (Fsp3) is 0. The van der Waals surface area contributed by atoms with Gasteiger partial charge < -0.3 is 13.7 Å². The first-order valence-corrected chi connectivity index (χ1v) is 23.5. The highest BCUT2D eigenvalue weighted by atomic mass is 15.0. The average Bonchev–Trinajstić information content (AvgIpc) is 4.07. The van der Waals surface area contributed by atoms with Crippen molar-refractivity contribution in [2.24, 2.45) is 0 Å². The van der Waals surface area contributed by atoms with E-state index in [1.54, 1.807) is 0 Å². The summed E-state index contributed by atoms with van der Waals surface area (Å²) in [7, 11) is 0. The van der Waals surface area contributed by atoms with Crippen molar-refractivity contribution >= 4 is 65.4 Å². The molecule has 0 bridgehead atoms. The Morgan fingerprint density at radius 2 is 0.580 bits per heavy atom. The van der Waals surface area contributed by atoms with Gasteiger partial charge in [-0.05, 0) is 90.0 Å². The number of fused-ring (bicyclic) bond motifs is 9. The third-order valence-electron chi connectivity index (χ3n) is 13.8. The third kappa shape index (κ3) is 6.32. The molecule has 0 N–H and O–H groups in total. The molecule has 0 radical (unpaired) electrons. The molecule has 0 saturated heterocycles. The Morgan fingerprint density at radius 1 is 0.217 bits per heavy atom. The number of benzene rings is 10. The van der Waals surface area contributed by atoms with Gasteiger partial charge in [-0.2, -0.15) is 0 Å². The molecule has 10 aromatic carbocycles. The summed E-state index contributed by atoms with van der Waals surface area (Å²) in [5.74, 6) is 0.682. The zero-order chi connectivity index (χ0) is 45.4. The summed E-state index contributed by atoms with van der Waals surface area (Å²) in [6.07, 6.45) is 0. The molecule has 14 aromatic rings. The van der Waals surface area contributed by atoms with Crippen LogP contribution in [-0.2, 0) is 0 Å². The highest BCUT2D eigenvalue weighted by Crippen LogP contribution is 2.39. The maximum atomic E-state index is 5.29. The minimum absolute atomic E-state index is 0.682. The van der Waals surface area contributed by atoms with Crippen molar-refractivity contribution in [2.75, 3.05) is 0 Å². The summed E-state index contributed by atoms with van der Waals surface area (Å²) in [4.78, 5) is 10.5. The van der Waals surface area contributed by atoms with Crippen LogP contribution in [0.4, 0.5) is 0 Å². The molecular weight excluding hydrogens is 839 g/mol. The summed E-state index contributed by atoms with van der Waals surface area (Å²) in [6, 6.07) is 89.3. The average molecular weight is 880 g/mol. The number of hydrogen-bond donors (Lipinski definition) is 0. The van der Waals surface area contributed by atoms with E-state index in [-0.39, 0.29) is 0 Å². The lowest BCUT2D eigenvalue weighted by Crippen LogP contribution is -2.00. The first-order chi connectivity index (χ1) is 34.2. The maximum Gasteiger partial charge on any atom is 0.160 e. The van der Waals surface area contributed by atoms with Crippen LogP contribution in [0.1, 0.15) is 0 Å². The molecule has 0 aliphatic carbocycles. The molecule has 0 saturated carbocycles. The van der Waals surface area contributed by atoms with Gasteiger partial charge in [0.15, 0.2) is 5.82 Å². The summed E-state index contributed by atoms with van der Waals surface area (Å²) >= 11 is 0. The summed E-state index contributed by atoms with van der Waals surface area (Å²) in [6.45, 7) is 0. The molecule has 4 aromatic heterocycles. The van der Waals surface area contributed by atoms with E-state index in [2.05, 4.69) is 244 Å². The van der Waals surface area contributed by atoms with Crippen LogP contribution in [0.5, 0.6) is 0 Å². The molecule has 0 aliphatic heterocycles. The van der Waals surface area contributed by atoms with E-state index >= 15 is 0 Å². The zero-order valence-corrected chi connectivity index (χ0v) is 37.4. The predicted molar refractivity (Wildman–Crippen MR) is 287 cm³/mol. The fourth-order valence-electron chi connectivity index (χ4n) is 10.7. The molecule has 14 rings (SSSR count). The van der Waals surface area contributed by atoms with Crippen LogP contribution in [0.3, 0.4) is 0 Å². The molecule has 0 spiro atoms. The number of rotatable bonds is 7. The van der Waals surface area contributed by atoms with Crippen LogP contribution in [0.15, 0.2) is 249 Å². The molecule has 5 heteroatoms. The van der Waals surface area contributed by atoms with Crippen molar-refractivity contribution in [3.8, 4) is 62.1 Å². The van der Waals surface area contributed by atoms with E-state index in [1.165, 1.54) is 65.4 Å². The Morgan fingerprint density at radius 3 is 1.03 bits per heavy atom. The summed E-state index contributed by atoms with van der Waals surface area (Å²) < 4.78 is 7.19. The molecule has 0 amide bonds. The topological polar surface area (TPSA) is 40.6 Å². The van der Waals surface area contributed by atoms with Gasteiger partial charge in [0.25, 0.3) is 0 Å². The van der Waals surface area contributed by atoms with Crippen molar-refractivity contribution in [3.05, 3.63) is 249 Å². The van der Waals surface area contributed by atoms with Crippen molar-refractivity contribution < 1.29 is 0 Å². The Bertz CT molecular complexity index is 4010. The van der Waals surface area contributed by atoms with Gasteiger partial charge in [-0.15, -0.1) is 0 Å². The maximum absolute atomic E-state index is 5.29. The van der Waals surface area contributed by atoms with Crippen molar-refractivity contribution in [3.63, 3.8) is 0 Å². The van der Waals surface area contributed by atoms with Gasteiger partial charge in [0.2, 0.25) is 0 Å². The van der Waals surface area contributed by atoms with Gasteiger partial charge >= 0.3 is 0 Å². The lowest BCUT2D eigenvalue weighted by Gasteiger charge is -2.16. The lowest BCUT2D eigenvalue weighted by molar-refractivity contribution is 1.13. The monoisotopic (exact) mass is 879 g/mol. The van der Waals surface area contributed by atoms with Gasteiger partial charge in [0, 0.05) is 66.1 Å². The first-order valence-electron chi connectivity index (χ1n) is 23.5. The number of hydrogen-bond acceptors (Lipinski definition) is 2. The SMILES string of the molecule is c1ccc(-c2nc(-c3ccc(-n4c5ccccc5c5ccccc54)cc3)cc(-c3cccc(-c4cc(-n5c6ccccc6c6ccccc65)cc(-n5c6ccccc6c6ccccc65)c4)c3)n2)cc1. The van der Waals surface area contributed by atoms with E-state index in [4.69, 9.17) is 9.97 Å².